The van der Waals surface area contributed by atoms with Crippen LogP contribution in [0.5, 0.6) is 11.8 Å². The number of pyridine rings is 1. The monoisotopic (exact) mass is 418 g/mol. The predicted octanol–water partition coefficient (Wildman–Crippen LogP) is 3.12. The standard InChI is InChI=1S/C23H23FN6O/c1-11-3-4-13(8-27-11)31-23-28-19-7-14-15(5-12(24)6-18(14)26-2)20(19)22(29-23)30-9-16-17(10-30)21(16)25/h3-6,8,16-17,21,26H,7,9-10,25H2,1-2H3. The zero-order valence-corrected chi connectivity index (χ0v) is 17.4. The Morgan fingerprint density at radius 1 is 1.19 bits per heavy atom. The van der Waals surface area contributed by atoms with Crippen LogP contribution in [-0.2, 0) is 6.42 Å². The zero-order valence-electron chi connectivity index (χ0n) is 17.4. The fourth-order valence-electron chi connectivity index (χ4n) is 4.96. The van der Waals surface area contributed by atoms with E-state index in [1.54, 1.807) is 19.3 Å². The second-order valence-corrected chi connectivity index (χ2v) is 8.61. The highest BCUT2D eigenvalue weighted by Crippen LogP contribution is 2.50. The summed E-state index contributed by atoms with van der Waals surface area (Å²) < 4.78 is 20.4. The minimum absolute atomic E-state index is 0.278. The van der Waals surface area contributed by atoms with Crippen LogP contribution < -0.4 is 20.7 Å². The summed E-state index contributed by atoms with van der Waals surface area (Å²) in [4.78, 5) is 16.0. The number of hydrogen-bond acceptors (Lipinski definition) is 7. The molecule has 0 spiro atoms. The van der Waals surface area contributed by atoms with Crippen molar-refractivity contribution >= 4 is 11.5 Å². The number of benzene rings is 1. The average Bonchev–Trinajstić information content (AvgIpc) is 3.12. The van der Waals surface area contributed by atoms with E-state index in [9.17, 15) is 4.39 Å². The SMILES string of the molecule is CNc1cc(F)cc2c1Cc1nc(Oc3ccc(C)nc3)nc(N3CC4C(N)C4C3)c1-2. The number of piperidine rings is 1. The number of nitrogens with two attached hydrogens (primary N) is 1. The first-order valence-corrected chi connectivity index (χ1v) is 10.5. The van der Waals surface area contributed by atoms with Crippen molar-refractivity contribution in [3.05, 3.63) is 53.2 Å². The van der Waals surface area contributed by atoms with Crippen molar-refractivity contribution in [1.82, 2.24) is 15.0 Å². The van der Waals surface area contributed by atoms with Gasteiger partial charge in [0, 0.05) is 49.5 Å². The molecule has 31 heavy (non-hydrogen) atoms. The molecule has 1 saturated heterocycles. The summed E-state index contributed by atoms with van der Waals surface area (Å²) in [6.07, 6.45) is 2.26. The van der Waals surface area contributed by atoms with Crippen LogP contribution in [0.2, 0.25) is 0 Å². The van der Waals surface area contributed by atoms with Gasteiger partial charge >= 0.3 is 6.01 Å². The highest BCUT2D eigenvalue weighted by molar-refractivity contribution is 5.88. The van der Waals surface area contributed by atoms with Crippen LogP contribution in [0.1, 0.15) is 17.0 Å². The first kappa shape index (κ1) is 18.5. The van der Waals surface area contributed by atoms with Crippen molar-refractivity contribution in [2.24, 2.45) is 17.6 Å². The van der Waals surface area contributed by atoms with E-state index >= 15 is 0 Å². The number of hydrogen-bond donors (Lipinski definition) is 2. The number of nitrogens with zero attached hydrogens (tertiary/aromatic N) is 4. The Balaban J connectivity index is 1.46. The van der Waals surface area contributed by atoms with E-state index < -0.39 is 0 Å². The van der Waals surface area contributed by atoms with Crippen LogP contribution in [0.25, 0.3) is 11.1 Å². The first-order valence-electron chi connectivity index (χ1n) is 10.5. The topological polar surface area (TPSA) is 89.2 Å². The summed E-state index contributed by atoms with van der Waals surface area (Å²) in [5.41, 5.74) is 11.5. The lowest BCUT2D eigenvalue weighted by Crippen LogP contribution is -2.29. The zero-order chi connectivity index (χ0) is 21.3. The molecule has 0 radical (unpaired) electrons. The highest BCUT2D eigenvalue weighted by Gasteiger charge is 2.54. The highest BCUT2D eigenvalue weighted by atomic mass is 19.1. The molecule has 2 atom stereocenters. The van der Waals surface area contributed by atoms with Gasteiger partial charge in [-0.1, -0.05) is 0 Å². The summed E-state index contributed by atoms with van der Waals surface area (Å²) in [6, 6.07) is 7.41. The molecule has 7 nitrogen and oxygen atoms in total. The second kappa shape index (κ2) is 6.62. The minimum Gasteiger partial charge on any atom is -0.423 e. The lowest BCUT2D eigenvalue weighted by Gasteiger charge is -2.23. The Hall–Kier alpha value is -3.26. The minimum atomic E-state index is -0.278. The van der Waals surface area contributed by atoms with E-state index in [1.807, 2.05) is 19.1 Å². The van der Waals surface area contributed by atoms with Crippen LogP contribution in [0.15, 0.2) is 30.5 Å². The van der Waals surface area contributed by atoms with Crippen LogP contribution in [0.3, 0.4) is 0 Å². The molecular formula is C23H23FN6O. The van der Waals surface area contributed by atoms with E-state index in [4.69, 9.17) is 20.4 Å². The molecule has 2 fully saturated rings. The largest absolute Gasteiger partial charge is 0.423 e. The van der Waals surface area contributed by atoms with Crippen molar-refractivity contribution in [1.29, 1.82) is 0 Å². The number of aromatic nitrogens is 3. The van der Waals surface area contributed by atoms with Gasteiger partial charge in [0.1, 0.15) is 17.4 Å². The van der Waals surface area contributed by atoms with E-state index in [2.05, 4.69) is 15.2 Å². The molecule has 158 valence electrons. The van der Waals surface area contributed by atoms with Crippen molar-refractivity contribution < 1.29 is 9.13 Å². The Labute approximate surface area is 179 Å². The molecule has 0 amide bonds. The molecule has 1 aliphatic heterocycles. The van der Waals surface area contributed by atoms with Gasteiger partial charge in [0.25, 0.3) is 0 Å². The van der Waals surface area contributed by atoms with Gasteiger partial charge < -0.3 is 20.7 Å². The Bertz CT molecular complexity index is 1190. The van der Waals surface area contributed by atoms with Crippen molar-refractivity contribution in [2.45, 2.75) is 19.4 Å². The van der Waals surface area contributed by atoms with Gasteiger partial charge in [-0.05, 0) is 54.2 Å². The average molecular weight is 418 g/mol. The normalized spacial score (nSPS) is 22.7. The number of halogens is 1. The lowest BCUT2D eigenvalue weighted by molar-refractivity contribution is 0.438. The molecule has 2 unspecified atom stereocenters. The summed E-state index contributed by atoms with van der Waals surface area (Å²) >= 11 is 0. The maximum Gasteiger partial charge on any atom is 0.324 e. The smallest absolute Gasteiger partial charge is 0.324 e. The van der Waals surface area contributed by atoms with Crippen LogP contribution >= 0.6 is 0 Å². The third-order valence-electron chi connectivity index (χ3n) is 6.70. The Kier molecular flexibility index (Phi) is 3.95. The van der Waals surface area contributed by atoms with Gasteiger partial charge in [-0.3, -0.25) is 4.98 Å². The number of ether oxygens (including phenoxy) is 1. The molecule has 2 aliphatic carbocycles. The van der Waals surface area contributed by atoms with E-state index in [-0.39, 0.29) is 17.9 Å². The molecule has 3 aliphatic rings. The lowest BCUT2D eigenvalue weighted by atomic mass is 10.0. The molecule has 2 aromatic heterocycles. The summed E-state index contributed by atoms with van der Waals surface area (Å²) in [5, 5.41) is 3.11. The van der Waals surface area contributed by atoms with Gasteiger partial charge in [-0.25, -0.2) is 4.39 Å². The third kappa shape index (κ3) is 2.93. The molecule has 6 rings (SSSR count). The Morgan fingerprint density at radius 2 is 2.00 bits per heavy atom. The molecule has 1 saturated carbocycles. The number of nitrogens with one attached hydrogen (secondary N) is 1. The van der Waals surface area contributed by atoms with Gasteiger partial charge in [0.15, 0.2) is 0 Å². The third-order valence-corrected chi connectivity index (χ3v) is 6.70. The quantitative estimate of drug-likeness (QED) is 0.526. The van der Waals surface area contributed by atoms with Gasteiger partial charge in [0.2, 0.25) is 0 Å². The van der Waals surface area contributed by atoms with Crippen molar-refractivity contribution in [2.75, 3.05) is 30.4 Å². The number of anilines is 2. The van der Waals surface area contributed by atoms with Crippen LogP contribution in [0.4, 0.5) is 15.9 Å². The molecule has 0 bridgehead atoms. The van der Waals surface area contributed by atoms with Crippen molar-refractivity contribution in [3.8, 4) is 22.9 Å². The molecule has 3 N–H and O–H groups in total. The summed E-state index contributed by atoms with van der Waals surface area (Å²) in [7, 11) is 1.80. The summed E-state index contributed by atoms with van der Waals surface area (Å²) in [5.74, 6) is 2.10. The molecule has 1 aromatic carbocycles. The fraction of sp³-hybridized carbons (Fsp3) is 0.348. The second-order valence-electron chi connectivity index (χ2n) is 8.61. The van der Waals surface area contributed by atoms with Gasteiger partial charge in [-0.15, -0.1) is 0 Å². The van der Waals surface area contributed by atoms with E-state index in [0.29, 0.717) is 24.0 Å². The van der Waals surface area contributed by atoms with Crippen LogP contribution in [-0.4, -0.2) is 41.1 Å². The first-order chi connectivity index (χ1) is 15.0. The number of rotatable bonds is 4. The maximum absolute atomic E-state index is 14.4. The predicted molar refractivity (Wildman–Crippen MR) is 116 cm³/mol. The van der Waals surface area contributed by atoms with Gasteiger partial charge in [-0.2, -0.15) is 9.97 Å². The fourth-order valence-corrected chi connectivity index (χ4v) is 4.96. The van der Waals surface area contributed by atoms with Crippen molar-refractivity contribution in [3.63, 3.8) is 0 Å². The Morgan fingerprint density at radius 3 is 2.71 bits per heavy atom. The molecule has 3 heterocycles. The van der Waals surface area contributed by atoms with Gasteiger partial charge in [0.05, 0.1) is 11.9 Å². The molecule has 3 aromatic rings. The van der Waals surface area contributed by atoms with E-state index in [1.165, 1.54) is 6.07 Å². The maximum atomic E-state index is 14.4. The van der Waals surface area contributed by atoms with E-state index in [0.717, 1.165) is 52.7 Å². The molecular weight excluding hydrogens is 395 g/mol. The summed E-state index contributed by atoms with van der Waals surface area (Å²) in [6.45, 7) is 3.63. The molecule has 8 heteroatoms. The van der Waals surface area contributed by atoms with Crippen LogP contribution in [0, 0.1) is 24.6 Å². The number of fused-ring (bicyclic) bond motifs is 4. The number of aryl methyl sites for hydroxylation is 1.